The van der Waals surface area contributed by atoms with E-state index in [1.165, 1.54) is 0 Å². The van der Waals surface area contributed by atoms with Crippen LogP contribution < -0.4 is 5.32 Å². The molecule has 8 heteroatoms. The minimum Gasteiger partial charge on any atom is -0.451 e. The van der Waals surface area contributed by atoms with Gasteiger partial charge in [-0.2, -0.15) is 5.10 Å². The van der Waals surface area contributed by atoms with Crippen LogP contribution in [0.15, 0.2) is 71.4 Å². The van der Waals surface area contributed by atoms with E-state index < -0.39 is 15.7 Å². The van der Waals surface area contributed by atoms with Gasteiger partial charge in [0.2, 0.25) is 0 Å². The second-order valence-corrected chi connectivity index (χ2v) is 9.27. The first-order chi connectivity index (χ1) is 14.4. The van der Waals surface area contributed by atoms with E-state index >= 15 is 0 Å². The number of para-hydroxylation sites is 1. The summed E-state index contributed by atoms with van der Waals surface area (Å²) < 4.78 is 31.4. The number of benzene rings is 2. The van der Waals surface area contributed by atoms with Gasteiger partial charge in [0.15, 0.2) is 15.6 Å². The van der Waals surface area contributed by atoms with Crippen molar-refractivity contribution >= 4 is 26.7 Å². The highest BCUT2D eigenvalue weighted by Gasteiger charge is 2.23. The third kappa shape index (κ3) is 4.44. The van der Waals surface area contributed by atoms with Gasteiger partial charge in [0, 0.05) is 36.1 Å². The van der Waals surface area contributed by atoms with E-state index in [0.717, 1.165) is 17.4 Å². The largest absolute Gasteiger partial charge is 0.451 e. The molecule has 4 rings (SSSR count). The van der Waals surface area contributed by atoms with Crippen LogP contribution in [0.1, 0.15) is 27.2 Å². The van der Waals surface area contributed by atoms with Crippen LogP contribution in [-0.2, 0) is 28.7 Å². The molecule has 0 spiro atoms. The summed E-state index contributed by atoms with van der Waals surface area (Å²) in [5.41, 5.74) is 2.85. The molecule has 0 saturated heterocycles. The monoisotopic (exact) mass is 423 g/mol. The summed E-state index contributed by atoms with van der Waals surface area (Å²) in [7, 11) is -3.35. The van der Waals surface area contributed by atoms with Crippen molar-refractivity contribution in [1.82, 2.24) is 15.1 Å². The number of hydrogen-bond acceptors (Lipinski definition) is 5. The van der Waals surface area contributed by atoms with Gasteiger partial charge in [0.25, 0.3) is 5.91 Å². The van der Waals surface area contributed by atoms with Gasteiger partial charge in [-0.1, -0.05) is 42.5 Å². The van der Waals surface area contributed by atoms with Crippen molar-refractivity contribution in [2.24, 2.45) is 0 Å². The topological polar surface area (TPSA) is 94.2 Å². The average Bonchev–Trinajstić information content (AvgIpc) is 3.34. The number of fused-ring (bicyclic) bond motifs is 1. The molecule has 0 aliphatic rings. The molecular formula is C22H21N3O4S. The molecule has 1 N–H and O–H groups in total. The summed E-state index contributed by atoms with van der Waals surface area (Å²) in [5, 5.41) is 7.72. The maximum atomic E-state index is 12.9. The van der Waals surface area contributed by atoms with Crippen molar-refractivity contribution in [3.05, 3.63) is 89.4 Å². The van der Waals surface area contributed by atoms with Crippen molar-refractivity contribution in [3.63, 3.8) is 0 Å². The number of amides is 1. The first-order valence-corrected chi connectivity index (χ1v) is 11.5. The molecule has 0 saturated carbocycles. The molecule has 0 radical (unpaired) electrons. The van der Waals surface area contributed by atoms with Crippen LogP contribution in [0, 0.1) is 0 Å². The Morgan fingerprint density at radius 2 is 1.80 bits per heavy atom. The van der Waals surface area contributed by atoms with Crippen LogP contribution in [-0.4, -0.2) is 30.4 Å². The minimum atomic E-state index is -3.35. The fourth-order valence-electron chi connectivity index (χ4n) is 3.40. The average molecular weight is 423 g/mol. The summed E-state index contributed by atoms with van der Waals surface area (Å²) in [4.78, 5) is 12.9. The summed E-state index contributed by atoms with van der Waals surface area (Å²) >= 11 is 0. The van der Waals surface area contributed by atoms with Gasteiger partial charge in [-0.25, -0.2) is 8.42 Å². The number of sulfone groups is 1. The summed E-state index contributed by atoms with van der Waals surface area (Å²) in [6.45, 7) is 0.870. The number of carbonyl (C=O) groups is 1. The van der Waals surface area contributed by atoms with Gasteiger partial charge in [0.1, 0.15) is 5.58 Å². The van der Waals surface area contributed by atoms with Crippen molar-refractivity contribution in [2.75, 3.05) is 6.26 Å². The summed E-state index contributed by atoms with van der Waals surface area (Å²) in [6, 6.07) is 16.7. The number of rotatable bonds is 7. The molecule has 0 atom stereocenters. The van der Waals surface area contributed by atoms with Crippen LogP contribution in [0.25, 0.3) is 11.0 Å². The fourth-order valence-corrected chi connectivity index (χ4v) is 4.21. The normalized spacial score (nSPS) is 11.6. The van der Waals surface area contributed by atoms with Gasteiger partial charge < -0.3 is 9.73 Å². The van der Waals surface area contributed by atoms with Gasteiger partial charge in [0.05, 0.1) is 12.3 Å². The van der Waals surface area contributed by atoms with E-state index in [0.29, 0.717) is 23.1 Å². The second-order valence-electron chi connectivity index (χ2n) is 7.13. The minimum absolute atomic E-state index is 0.0335. The fraction of sp³-hybridized carbons (Fsp3) is 0.182. The molecule has 4 aromatic rings. The number of furan rings is 1. The third-order valence-corrected chi connectivity index (χ3v) is 5.57. The van der Waals surface area contributed by atoms with Crippen molar-refractivity contribution < 1.29 is 17.6 Å². The third-order valence-electron chi connectivity index (χ3n) is 4.76. The summed E-state index contributed by atoms with van der Waals surface area (Å²) in [5.74, 6) is -0.673. The predicted molar refractivity (Wildman–Crippen MR) is 114 cm³/mol. The standard InChI is InChI=1S/C22H21N3O4S/c1-30(27,28)15-19-18-9-4-5-10-20(18)29-21(19)22(26)23-13-16-7-2-3-8-17(16)14-25-12-6-11-24-25/h2-12H,13-15H2,1H3,(H,23,26). The van der Waals surface area contributed by atoms with E-state index in [4.69, 9.17) is 4.42 Å². The lowest BCUT2D eigenvalue weighted by Crippen LogP contribution is -2.24. The molecule has 0 aliphatic carbocycles. The van der Waals surface area contributed by atoms with Crippen molar-refractivity contribution in [3.8, 4) is 0 Å². The van der Waals surface area contributed by atoms with E-state index in [1.54, 1.807) is 30.5 Å². The van der Waals surface area contributed by atoms with Crippen LogP contribution in [0.5, 0.6) is 0 Å². The maximum absolute atomic E-state index is 12.9. The van der Waals surface area contributed by atoms with Gasteiger partial charge in [-0.3, -0.25) is 9.48 Å². The zero-order valence-corrected chi connectivity index (χ0v) is 17.2. The highest BCUT2D eigenvalue weighted by molar-refractivity contribution is 7.89. The van der Waals surface area contributed by atoms with Gasteiger partial charge in [-0.15, -0.1) is 0 Å². The number of hydrogen-bond donors (Lipinski definition) is 1. The second kappa shape index (κ2) is 8.16. The molecule has 30 heavy (non-hydrogen) atoms. The molecule has 154 valence electrons. The molecule has 1 amide bonds. The smallest absolute Gasteiger partial charge is 0.287 e. The lowest BCUT2D eigenvalue weighted by molar-refractivity contribution is 0.0924. The van der Waals surface area contributed by atoms with E-state index in [2.05, 4.69) is 10.4 Å². The van der Waals surface area contributed by atoms with E-state index in [1.807, 2.05) is 41.2 Å². The Kier molecular flexibility index (Phi) is 5.41. The molecule has 7 nitrogen and oxygen atoms in total. The Labute approximate surface area is 174 Å². The van der Waals surface area contributed by atoms with E-state index in [9.17, 15) is 13.2 Å². The zero-order chi connectivity index (χ0) is 21.1. The quantitative estimate of drug-likeness (QED) is 0.493. The van der Waals surface area contributed by atoms with Gasteiger partial charge >= 0.3 is 0 Å². The highest BCUT2D eigenvalue weighted by atomic mass is 32.2. The number of carbonyl (C=O) groups excluding carboxylic acids is 1. The molecule has 0 unspecified atom stereocenters. The zero-order valence-electron chi connectivity index (χ0n) is 16.4. The SMILES string of the molecule is CS(=O)(=O)Cc1c(C(=O)NCc2ccccc2Cn2cccn2)oc2ccccc12. The molecule has 2 aromatic heterocycles. The molecule has 0 bridgehead atoms. The first-order valence-electron chi connectivity index (χ1n) is 9.41. The Morgan fingerprint density at radius 3 is 2.53 bits per heavy atom. The molecular weight excluding hydrogens is 402 g/mol. The lowest BCUT2D eigenvalue weighted by Gasteiger charge is -2.11. The predicted octanol–water partition coefficient (Wildman–Crippen LogP) is 3.15. The highest BCUT2D eigenvalue weighted by Crippen LogP contribution is 2.27. The molecule has 2 heterocycles. The van der Waals surface area contributed by atoms with Crippen molar-refractivity contribution in [2.45, 2.75) is 18.8 Å². The molecule has 2 aromatic carbocycles. The van der Waals surface area contributed by atoms with Crippen LogP contribution >= 0.6 is 0 Å². The Hall–Kier alpha value is -3.39. The number of aromatic nitrogens is 2. The lowest BCUT2D eigenvalue weighted by atomic mass is 10.1. The van der Waals surface area contributed by atoms with Crippen LogP contribution in [0.3, 0.4) is 0 Å². The first kappa shape index (κ1) is 19.9. The number of nitrogens with one attached hydrogen (secondary N) is 1. The molecule has 0 aliphatic heterocycles. The Bertz CT molecular complexity index is 1290. The van der Waals surface area contributed by atoms with E-state index in [-0.39, 0.29) is 18.1 Å². The maximum Gasteiger partial charge on any atom is 0.287 e. The van der Waals surface area contributed by atoms with Crippen molar-refractivity contribution in [1.29, 1.82) is 0 Å². The summed E-state index contributed by atoms with van der Waals surface area (Å²) in [6.07, 6.45) is 4.73. The Balaban J connectivity index is 1.58. The van der Waals surface area contributed by atoms with Crippen LogP contribution in [0.4, 0.5) is 0 Å². The van der Waals surface area contributed by atoms with Gasteiger partial charge in [-0.05, 0) is 23.3 Å². The molecule has 0 fully saturated rings. The number of nitrogens with zero attached hydrogens (tertiary/aromatic N) is 2. The Morgan fingerprint density at radius 1 is 1.07 bits per heavy atom. The van der Waals surface area contributed by atoms with Crippen LogP contribution in [0.2, 0.25) is 0 Å².